The normalized spacial score (nSPS) is 15.8. The Morgan fingerprint density at radius 1 is 1.14 bits per heavy atom. The molecule has 1 unspecified atom stereocenters. The largest absolute Gasteiger partial charge is 0.480 e. The fourth-order valence-electron chi connectivity index (χ4n) is 3.64. The van der Waals surface area contributed by atoms with Crippen LogP contribution in [0.25, 0.3) is 11.3 Å². The van der Waals surface area contributed by atoms with Gasteiger partial charge in [-0.15, -0.1) is 0 Å². The number of fused-ring (bicyclic) bond motifs is 1. The SMILES string of the molecule is Cc1ccc(-c2cnc(CCC(=O)N3Cc4ccccc4CC3C(=O)O)o2)cc1. The van der Waals surface area contributed by atoms with E-state index in [1.54, 1.807) is 6.20 Å². The number of oxazole rings is 1. The summed E-state index contributed by atoms with van der Waals surface area (Å²) in [5.41, 5.74) is 4.07. The Morgan fingerprint density at radius 3 is 2.59 bits per heavy atom. The fraction of sp³-hybridized carbons (Fsp3) is 0.261. The second-order valence-corrected chi connectivity index (χ2v) is 7.33. The maximum Gasteiger partial charge on any atom is 0.326 e. The molecule has 1 atom stereocenters. The van der Waals surface area contributed by atoms with E-state index in [-0.39, 0.29) is 12.3 Å². The maximum atomic E-state index is 12.8. The van der Waals surface area contributed by atoms with Gasteiger partial charge in [-0.05, 0) is 18.1 Å². The Balaban J connectivity index is 1.44. The number of aromatic nitrogens is 1. The first kappa shape index (κ1) is 18.9. The number of hydrogen-bond acceptors (Lipinski definition) is 4. The van der Waals surface area contributed by atoms with Crippen LogP contribution in [0.3, 0.4) is 0 Å². The molecule has 2 aromatic carbocycles. The van der Waals surface area contributed by atoms with E-state index in [0.29, 0.717) is 31.0 Å². The summed E-state index contributed by atoms with van der Waals surface area (Å²) >= 11 is 0. The molecular weight excluding hydrogens is 368 g/mol. The van der Waals surface area contributed by atoms with E-state index in [4.69, 9.17) is 4.42 Å². The van der Waals surface area contributed by atoms with Gasteiger partial charge in [-0.2, -0.15) is 0 Å². The average Bonchev–Trinajstić information content (AvgIpc) is 3.20. The van der Waals surface area contributed by atoms with Crippen LogP contribution in [-0.2, 0) is 29.0 Å². The van der Waals surface area contributed by atoms with Crippen LogP contribution in [-0.4, -0.2) is 32.9 Å². The van der Waals surface area contributed by atoms with Gasteiger partial charge in [0, 0.05) is 31.4 Å². The lowest BCUT2D eigenvalue weighted by Crippen LogP contribution is -2.48. The first-order chi connectivity index (χ1) is 14.0. The number of amides is 1. The van der Waals surface area contributed by atoms with Crippen LogP contribution in [0.2, 0.25) is 0 Å². The van der Waals surface area contributed by atoms with Crippen LogP contribution in [0.5, 0.6) is 0 Å². The summed E-state index contributed by atoms with van der Waals surface area (Å²) < 4.78 is 5.78. The monoisotopic (exact) mass is 390 g/mol. The summed E-state index contributed by atoms with van der Waals surface area (Å²) in [5, 5.41) is 9.59. The van der Waals surface area contributed by atoms with Crippen LogP contribution in [0, 0.1) is 6.92 Å². The van der Waals surface area contributed by atoms with Crippen molar-refractivity contribution in [2.45, 2.75) is 38.8 Å². The minimum Gasteiger partial charge on any atom is -0.480 e. The molecule has 2 heterocycles. The highest BCUT2D eigenvalue weighted by Gasteiger charge is 2.34. The number of carboxylic acids is 1. The summed E-state index contributed by atoms with van der Waals surface area (Å²) in [7, 11) is 0. The Bertz CT molecular complexity index is 1040. The molecule has 1 aromatic heterocycles. The van der Waals surface area contributed by atoms with Gasteiger partial charge in [0.1, 0.15) is 6.04 Å². The predicted molar refractivity (Wildman–Crippen MR) is 107 cm³/mol. The van der Waals surface area contributed by atoms with Crippen molar-refractivity contribution in [1.82, 2.24) is 9.88 Å². The third kappa shape index (κ3) is 4.06. The summed E-state index contributed by atoms with van der Waals surface area (Å²) in [6.07, 6.45) is 2.46. The molecule has 0 fully saturated rings. The van der Waals surface area contributed by atoms with Gasteiger partial charge in [0.15, 0.2) is 11.7 Å². The van der Waals surface area contributed by atoms with Crippen LogP contribution in [0.1, 0.15) is 29.0 Å². The fourth-order valence-corrected chi connectivity index (χ4v) is 3.64. The minimum absolute atomic E-state index is 0.153. The smallest absolute Gasteiger partial charge is 0.326 e. The van der Waals surface area contributed by atoms with Crippen molar-refractivity contribution in [3.8, 4) is 11.3 Å². The summed E-state index contributed by atoms with van der Waals surface area (Å²) in [6, 6.07) is 14.8. The van der Waals surface area contributed by atoms with Crippen molar-refractivity contribution in [2.75, 3.05) is 0 Å². The van der Waals surface area contributed by atoms with E-state index in [0.717, 1.165) is 22.3 Å². The zero-order valence-electron chi connectivity index (χ0n) is 16.2. The van der Waals surface area contributed by atoms with Gasteiger partial charge in [0.2, 0.25) is 5.91 Å². The third-order valence-corrected chi connectivity index (χ3v) is 5.30. The quantitative estimate of drug-likeness (QED) is 0.719. The number of benzene rings is 2. The number of carbonyl (C=O) groups excluding carboxylic acids is 1. The van der Waals surface area contributed by atoms with Crippen LogP contribution < -0.4 is 0 Å². The molecule has 3 aromatic rings. The number of aliphatic carboxylic acids is 1. The maximum absolute atomic E-state index is 12.8. The molecule has 1 N–H and O–H groups in total. The number of carbonyl (C=O) groups is 2. The van der Waals surface area contributed by atoms with E-state index >= 15 is 0 Å². The van der Waals surface area contributed by atoms with Gasteiger partial charge in [0.25, 0.3) is 0 Å². The molecule has 1 aliphatic heterocycles. The Labute approximate surface area is 168 Å². The topological polar surface area (TPSA) is 83.6 Å². The number of hydrogen-bond donors (Lipinski definition) is 1. The van der Waals surface area contributed by atoms with Crippen molar-refractivity contribution in [3.05, 3.63) is 77.3 Å². The number of carboxylic acid groups (broad SMARTS) is 1. The van der Waals surface area contributed by atoms with Gasteiger partial charge in [-0.1, -0.05) is 54.1 Å². The van der Waals surface area contributed by atoms with E-state index in [9.17, 15) is 14.7 Å². The van der Waals surface area contributed by atoms with Crippen LogP contribution >= 0.6 is 0 Å². The van der Waals surface area contributed by atoms with Crippen molar-refractivity contribution >= 4 is 11.9 Å². The highest BCUT2D eigenvalue weighted by molar-refractivity contribution is 5.84. The van der Waals surface area contributed by atoms with Gasteiger partial charge in [0.05, 0.1) is 6.20 Å². The van der Waals surface area contributed by atoms with Gasteiger partial charge < -0.3 is 14.4 Å². The van der Waals surface area contributed by atoms with E-state index in [2.05, 4.69) is 4.98 Å². The van der Waals surface area contributed by atoms with Crippen LogP contribution in [0.4, 0.5) is 0 Å². The van der Waals surface area contributed by atoms with Gasteiger partial charge >= 0.3 is 5.97 Å². The first-order valence-corrected chi connectivity index (χ1v) is 9.62. The molecule has 0 spiro atoms. The number of aryl methyl sites for hydroxylation is 2. The third-order valence-electron chi connectivity index (χ3n) is 5.30. The Morgan fingerprint density at radius 2 is 1.86 bits per heavy atom. The van der Waals surface area contributed by atoms with E-state index in [1.807, 2.05) is 55.5 Å². The van der Waals surface area contributed by atoms with Gasteiger partial charge in [-0.3, -0.25) is 4.79 Å². The highest BCUT2D eigenvalue weighted by Crippen LogP contribution is 2.25. The molecule has 0 radical (unpaired) electrons. The second-order valence-electron chi connectivity index (χ2n) is 7.33. The lowest BCUT2D eigenvalue weighted by molar-refractivity contribution is -0.151. The van der Waals surface area contributed by atoms with Gasteiger partial charge in [-0.25, -0.2) is 9.78 Å². The van der Waals surface area contributed by atoms with Crippen molar-refractivity contribution in [1.29, 1.82) is 0 Å². The summed E-state index contributed by atoms with van der Waals surface area (Å²) in [4.78, 5) is 30.2. The molecule has 4 rings (SSSR count). The van der Waals surface area contributed by atoms with Crippen molar-refractivity contribution in [2.24, 2.45) is 0 Å². The second kappa shape index (κ2) is 7.91. The minimum atomic E-state index is -0.981. The van der Waals surface area contributed by atoms with E-state index in [1.165, 1.54) is 4.90 Å². The van der Waals surface area contributed by atoms with E-state index < -0.39 is 12.0 Å². The average molecular weight is 390 g/mol. The zero-order chi connectivity index (χ0) is 20.4. The Hall–Kier alpha value is -3.41. The molecule has 1 amide bonds. The number of nitrogens with zero attached hydrogens (tertiary/aromatic N) is 2. The predicted octanol–water partition coefficient (Wildman–Crippen LogP) is 3.62. The Kier molecular flexibility index (Phi) is 5.16. The molecule has 1 aliphatic rings. The molecule has 0 saturated heterocycles. The highest BCUT2D eigenvalue weighted by atomic mass is 16.4. The van der Waals surface area contributed by atoms with Crippen LogP contribution in [0.15, 0.2) is 59.1 Å². The summed E-state index contributed by atoms with van der Waals surface area (Å²) in [6.45, 7) is 2.33. The standard InChI is InChI=1S/C23H22N2O4/c1-15-6-8-16(9-7-15)20-13-24-21(29-20)10-11-22(26)25-14-18-5-3-2-4-17(18)12-19(25)23(27)28/h2-9,13,19H,10-12,14H2,1H3,(H,27,28). The molecule has 148 valence electrons. The molecule has 0 bridgehead atoms. The molecule has 6 heteroatoms. The number of rotatable bonds is 5. The summed E-state index contributed by atoms with van der Waals surface area (Å²) in [5.74, 6) is -0.0615. The van der Waals surface area contributed by atoms with Crippen molar-refractivity contribution in [3.63, 3.8) is 0 Å². The molecule has 6 nitrogen and oxygen atoms in total. The zero-order valence-corrected chi connectivity index (χ0v) is 16.2. The van der Waals surface area contributed by atoms with Crippen molar-refractivity contribution < 1.29 is 19.1 Å². The first-order valence-electron chi connectivity index (χ1n) is 9.62. The molecule has 0 aliphatic carbocycles. The molecule has 0 saturated carbocycles. The lowest BCUT2D eigenvalue weighted by atomic mass is 9.93. The molecular formula is C23H22N2O4. The lowest BCUT2D eigenvalue weighted by Gasteiger charge is -2.34. The molecule has 29 heavy (non-hydrogen) atoms.